The van der Waals surface area contributed by atoms with Gasteiger partial charge < -0.3 is 0 Å². The van der Waals surface area contributed by atoms with Crippen molar-refractivity contribution in [3.63, 3.8) is 0 Å². The highest BCUT2D eigenvalue weighted by Crippen LogP contribution is 2.33. The van der Waals surface area contributed by atoms with Crippen LogP contribution in [0.4, 0.5) is 13.2 Å². The number of rotatable bonds is 3. The predicted molar refractivity (Wildman–Crippen MR) is 86.0 cm³/mol. The molecule has 0 aliphatic rings. The summed E-state index contributed by atoms with van der Waals surface area (Å²) in [4.78, 5) is -0.0140. The molecule has 0 heterocycles. The smallest absolute Gasteiger partial charge is 0.166 e. The second-order valence-electron chi connectivity index (χ2n) is 4.54. The molecule has 0 radical (unpaired) electrons. The van der Waals surface area contributed by atoms with E-state index >= 15 is 0 Å². The van der Waals surface area contributed by atoms with E-state index in [9.17, 15) is 13.2 Å². The molecule has 6 heteroatoms. The van der Waals surface area contributed by atoms with Crippen molar-refractivity contribution in [2.24, 2.45) is 0 Å². The van der Waals surface area contributed by atoms with Gasteiger partial charge in [0.05, 0.1) is 10.6 Å². The zero-order chi connectivity index (χ0) is 15.6. The molecule has 1 unspecified atom stereocenters. The summed E-state index contributed by atoms with van der Waals surface area (Å²) >= 11 is 12.9. The van der Waals surface area contributed by atoms with Gasteiger partial charge in [-0.2, -0.15) is 13.2 Å². The van der Waals surface area contributed by atoms with Crippen LogP contribution in [0, 0.1) is 0 Å². The Balaban J connectivity index is 2.12. The van der Waals surface area contributed by atoms with Crippen LogP contribution in [-0.4, -0.2) is 0 Å². The summed E-state index contributed by atoms with van der Waals surface area (Å²) in [5.41, 5.74) is 1.16. The highest BCUT2D eigenvalue weighted by Gasteiger charge is 2.29. The third kappa shape index (κ3) is 4.47. The zero-order valence-corrected chi connectivity index (χ0v) is 14.5. The largest absolute Gasteiger partial charge is 0.416 e. The summed E-state index contributed by atoms with van der Waals surface area (Å²) in [6.45, 7) is 0. The van der Waals surface area contributed by atoms with Gasteiger partial charge in [0.25, 0.3) is 0 Å². The van der Waals surface area contributed by atoms with E-state index in [1.165, 1.54) is 12.1 Å². The summed E-state index contributed by atoms with van der Waals surface area (Å²) < 4.78 is 38.3. The van der Waals surface area contributed by atoms with Gasteiger partial charge in [-0.3, -0.25) is 0 Å². The Hall–Kier alpha value is -0.520. The number of hydrogen-bond donors (Lipinski definition) is 0. The molecule has 0 nitrogen and oxygen atoms in total. The molecule has 0 aliphatic carbocycles. The van der Waals surface area contributed by atoms with Crippen molar-refractivity contribution in [2.45, 2.75) is 17.4 Å². The maximum Gasteiger partial charge on any atom is 0.416 e. The van der Waals surface area contributed by atoms with E-state index in [1.54, 1.807) is 0 Å². The van der Waals surface area contributed by atoms with Crippen LogP contribution in [-0.2, 0) is 12.6 Å². The lowest BCUT2D eigenvalue weighted by Crippen LogP contribution is -2.05. The van der Waals surface area contributed by atoms with Gasteiger partial charge in [-0.25, -0.2) is 0 Å². The molecule has 0 saturated heterocycles. The minimum atomic E-state index is -4.30. The normalized spacial score (nSPS) is 13.2. The van der Waals surface area contributed by atoms with Gasteiger partial charge in [-0.05, 0) is 57.7 Å². The Morgan fingerprint density at radius 3 is 2.19 bits per heavy atom. The molecule has 2 aromatic carbocycles. The Morgan fingerprint density at radius 2 is 1.67 bits per heavy atom. The number of hydrogen-bond acceptors (Lipinski definition) is 0. The van der Waals surface area contributed by atoms with Crippen LogP contribution in [0.2, 0.25) is 5.02 Å². The lowest BCUT2D eigenvalue weighted by atomic mass is 10.0. The minimum absolute atomic E-state index is 0.0140. The molecule has 0 N–H and O–H groups in total. The quantitative estimate of drug-likeness (QED) is 0.459. The highest BCUT2D eigenvalue weighted by molar-refractivity contribution is 9.10. The van der Waals surface area contributed by atoms with Gasteiger partial charge in [0.1, 0.15) is 0 Å². The first-order chi connectivity index (χ1) is 9.77. The summed E-state index contributed by atoms with van der Waals surface area (Å²) in [6.07, 6.45) is -3.72. The van der Waals surface area contributed by atoms with Crippen LogP contribution in [0.3, 0.4) is 0 Å². The third-order valence-corrected chi connectivity index (χ3v) is 5.09. The molecule has 0 saturated carbocycles. The standard InChI is InChI=1S/C15H10Br2ClF3/c16-12-6-3-10(8-14(12)18)13(17)7-9-1-4-11(5-2-9)15(19,20)21/h1-6,8,13H,7H2. The first-order valence-electron chi connectivity index (χ1n) is 6.02. The molecular formula is C15H10Br2ClF3. The highest BCUT2D eigenvalue weighted by atomic mass is 79.9. The molecule has 2 aromatic rings. The van der Waals surface area contributed by atoms with Crippen LogP contribution in [0.15, 0.2) is 46.9 Å². The first-order valence-corrected chi connectivity index (χ1v) is 8.11. The molecule has 2 rings (SSSR count). The summed E-state index contributed by atoms with van der Waals surface area (Å²) in [5.74, 6) is 0. The maximum atomic E-state index is 12.5. The maximum absolute atomic E-state index is 12.5. The van der Waals surface area contributed by atoms with Crippen molar-refractivity contribution in [3.8, 4) is 0 Å². The fourth-order valence-corrected chi connectivity index (χ4v) is 2.96. The second-order valence-corrected chi connectivity index (χ2v) is 6.91. The van der Waals surface area contributed by atoms with Gasteiger partial charge in [-0.1, -0.05) is 45.7 Å². The van der Waals surface area contributed by atoms with E-state index in [2.05, 4.69) is 31.9 Å². The molecule has 112 valence electrons. The second kappa shape index (κ2) is 6.71. The van der Waals surface area contributed by atoms with E-state index in [1.807, 2.05) is 18.2 Å². The number of benzene rings is 2. The summed E-state index contributed by atoms with van der Waals surface area (Å²) in [6, 6.07) is 10.8. The average Bonchev–Trinajstić information content (AvgIpc) is 2.41. The Labute approximate surface area is 142 Å². The molecule has 1 atom stereocenters. The van der Waals surface area contributed by atoms with Crippen LogP contribution in [0.25, 0.3) is 0 Å². The van der Waals surface area contributed by atoms with E-state index in [4.69, 9.17) is 11.6 Å². The van der Waals surface area contributed by atoms with E-state index in [0.717, 1.165) is 27.7 Å². The van der Waals surface area contributed by atoms with E-state index in [0.29, 0.717) is 11.4 Å². The molecule has 0 aliphatic heterocycles. The Kier molecular flexibility index (Phi) is 5.38. The van der Waals surface area contributed by atoms with Crippen molar-refractivity contribution >= 4 is 43.5 Å². The lowest BCUT2D eigenvalue weighted by Gasteiger charge is -2.12. The van der Waals surface area contributed by atoms with Crippen molar-refractivity contribution < 1.29 is 13.2 Å². The van der Waals surface area contributed by atoms with Crippen molar-refractivity contribution in [2.75, 3.05) is 0 Å². The number of halogens is 6. The monoisotopic (exact) mass is 440 g/mol. The van der Waals surface area contributed by atoms with Crippen LogP contribution < -0.4 is 0 Å². The van der Waals surface area contributed by atoms with Crippen LogP contribution in [0.5, 0.6) is 0 Å². The van der Waals surface area contributed by atoms with Crippen LogP contribution in [0.1, 0.15) is 21.5 Å². The van der Waals surface area contributed by atoms with Crippen molar-refractivity contribution in [3.05, 3.63) is 68.7 Å². The summed E-state index contributed by atoms with van der Waals surface area (Å²) in [5, 5.41) is 0.601. The first kappa shape index (κ1) is 16.8. The average molecular weight is 442 g/mol. The molecule has 0 amide bonds. The molecule has 0 aromatic heterocycles. The van der Waals surface area contributed by atoms with Gasteiger partial charge >= 0.3 is 6.18 Å². The summed E-state index contributed by atoms with van der Waals surface area (Å²) in [7, 11) is 0. The minimum Gasteiger partial charge on any atom is -0.166 e. The van der Waals surface area contributed by atoms with Crippen molar-refractivity contribution in [1.82, 2.24) is 0 Å². The topological polar surface area (TPSA) is 0 Å². The third-order valence-electron chi connectivity index (χ3n) is 3.00. The Bertz CT molecular complexity index is 624. The van der Waals surface area contributed by atoms with Crippen molar-refractivity contribution in [1.29, 1.82) is 0 Å². The van der Waals surface area contributed by atoms with Gasteiger partial charge in [0.2, 0.25) is 0 Å². The molecular weight excluding hydrogens is 432 g/mol. The fraction of sp³-hybridized carbons (Fsp3) is 0.200. The fourth-order valence-electron chi connectivity index (χ4n) is 1.86. The molecule has 0 bridgehead atoms. The van der Waals surface area contributed by atoms with Gasteiger partial charge in [0.15, 0.2) is 0 Å². The lowest BCUT2D eigenvalue weighted by molar-refractivity contribution is -0.137. The van der Waals surface area contributed by atoms with E-state index < -0.39 is 11.7 Å². The zero-order valence-electron chi connectivity index (χ0n) is 10.6. The molecule has 0 spiro atoms. The van der Waals surface area contributed by atoms with Gasteiger partial charge in [0, 0.05) is 9.30 Å². The SMILES string of the molecule is FC(F)(F)c1ccc(CC(Br)c2ccc(Br)c(Cl)c2)cc1. The molecule has 0 fully saturated rings. The van der Waals surface area contributed by atoms with E-state index in [-0.39, 0.29) is 4.83 Å². The predicted octanol–water partition coefficient (Wildman–Crippen LogP) is 6.80. The number of alkyl halides is 4. The van der Waals surface area contributed by atoms with Crippen LogP contribution >= 0.6 is 43.5 Å². The molecule has 21 heavy (non-hydrogen) atoms. The van der Waals surface area contributed by atoms with Gasteiger partial charge in [-0.15, -0.1) is 0 Å². The Morgan fingerprint density at radius 1 is 1.05 bits per heavy atom.